The third-order valence-electron chi connectivity index (χ3n) is 1.33. The van der Waals surface area contributed by atoms with E-state index in [4.69, 9.17) is 10.2 Å². The fraction of sp³-hybridized carbons (Fsp3) is 1.00. The molecule has 3 heteroatoms. The molecule has 3 nitrogen and oxygen atoms in total. The Balaban J connectivity index is 3.60. The quantitative estimate of drug-likeness (QED) is 0.513. The molecule has 0 aromatic carbocycles. The highest BCUT2D eigenvalue weighted by Crippen LogP contribution is 1.92. The van der Waals surface area contributed by atoms with Crippen molar-refractivity contribution in [3.63, 3.8) is 0 Å². The van der Waals surface area contributed by atoms with Crippen LogP contribution in [-0.4, -0.2) is 35.0 Å². The average Bonchev–Trinajstić information content (AvgIpc) is 1.81. The van der Waals surface area contributed by atoms with E-state index in [1.54, 1.807) is 6.92 Å². The van der Waals surface area contributed by atoms with Gasteiger partial charge in [0.05, 0.1) is 18.8 Å². The van der Waals surface area contributed by atoms with Crippen LogP contribution in [0, 0.1) is 0 Å². The van der Waals surface area contributed by atoms with E-state index in [0.29, 0.717) is 6.04 Å². The largest absolute Gasteiger partial charge is 0.395 e. The van der Waals surface area contributed by atoms with E-state index in [9.17, 15) is 0 Å². The van der Waals surface area contributed by atoms with Gasteiger partial charge in [0.1, 0.15) is 0 Å². The van der Waals surface area contributed by atoms with Gasteiger partial charge in [-0.3, -0.25) is 0 Å². The lowest BCUT2D eigenvalue weighted by Gasteiger charge is -2.21. The van der Waals surface area contributed by atoms with Gasteiger partial charge >= 0.3 is 0 Å². The first-order valence-corrected chi connectivity index (χ1v) is 3.63. The van der Waals surface area contributed by atoms with Crippen molar-refractivity contribution in [2.75, 3.05) is 6.61 Å². The first-order chi connectivity index (χ1) is 4.57. The summed E-state index contributed by atoms with van der Waals surface area (Å²) >= 11 is 0. The molecule has 0 fully saturated rings. The molecule has 0 amide bonds. The molecular formula is C7H17NO2. The lowest BCUT2D eigenvalue weighted by molar-refractivity contribution is 0.0991. The number of rotatable bonds is 4. The van der Waals surface area contributed by atoms with Gasteiger partial charge in [-0.25, -0.2) is 0 Å². The van der Waals surface area contributed by atoms with Crippen molar-refractivity contribution in [3.8, 4) is 0 Å². The predicted molar refractivity (Wildman–Crippen MR) is 40.8 cm³/mol. The molecule has 2 atom stereocenters. The van der Waals surface area contributed by atoms with Gasteiger partial charge in [0.15, 0.2) is 0 Å². The number of aliphatic hydroxyl groups excluding tert-OH is 2. The number of nitrogens with one attached hydrogen (secondary N) is 1. The van der Waals surface area contributed by atoms with E-state index in [0.717, 1.165) is 0 Å². The predicted octanol–water partition coefficient (Wildman–Crippen LogP) is -0.274. The Bertz CT molecular complexity index is 83.7. The Morgan fingerprint density at radius 1 is 1.30 bits per heavy atom. The van der Waals surface area contributed by atoms with Crippen LogP contribution in [-0.2, 0) is 0 Å². The van der Waals surface area contributed by atoms with Crippen LogP contribution in [0.2, 0.25) is 0 Å². The Morgan fingerprint density at radius 3 is 1.90 bits per heavy atom. The second kappa shape index (κ2) is 4.66. The average molecular weight is 147 g/mol. The minimum atomic E-state index is -0.493. The molecule has 0 rings (SSSR count). The Labute approximate surface area is 62.1 Å². The van der Waals surface area contributed by atoms with Crippen LogP contribution in [0.1, 0.15) is 20.8 Å². The third-order valence-corrected chi connectivity index (χ3v) is 1.33. The van der Waals surface area contributed by atoms with Crippen LogP contribution >= 0.6 is 0 Å². The maximum Gasteiger partial charge on any atom is 0.0687 e. The van der Waals surface area contributed by atoms with Gasteiger partial charge in [0, 0.05) is 6.04 Å². The maximum absolute atomic E-state index is 9.04. The highest BCUT2D eigenvalue weighted by Gasteiger charge is 2.13. The molecule has 0 unspecified atom stereocenters. The first kappa shape index (κ1) is 9.88. The molecule has 0 saturated carbocycles. The molecule has 0 bridgehead atoms. The second-order valence-corrected chi connectivity index (χ2v) is 2.85. The molecule has 3 N–H and O–H groups in total. The summed E-state index contributed by atoms with van der Waals surface area (Å²) in [6, 6.07) is 0.103. The van der Waals surface area contributed by atoms with Crippen molar-refractivity contribution in [2.24, 2.45) is 0 Å². The summed E-state index contributed by atoms with van der Waals surface area (Å²) in [6.07, 6.45) is -0.493. The lowest BCUT2D eigenvalue weighted by atomic mass is 10.2. The van der Waals surface area contributed by atoms with Crippen molar-refractivity contribution in [3.05, 3.63) is 0 Å². The topological polar surface area (TPSA) is 52.5 Å². The smallest absolute Gasteiger partial charge is 0.0687 e. The van der Waals surface area contributed by atoms with Gasteiger partial charge in [-0.15, -0.1) is 0 Å². The molecule has 62 valence electrons. The SMILES string of the molecule is CC(C)N[C@H](CO)[C@@H](C)O. The number of hydrogen-bond donors (Lipinski definition) is 3. The molecule has 0 aliphatic rings. The van der Waals surface area contributed by atoms with Crippen LogP contribution in [0.15, 0.2) is 0 Å². The normalized spacial score (nSPS) is 17.4. The third kappa shape index (κ3) is 3.82. The van der Waals surface area contributed by atoms with Crippen molar-refractivity contribution in [2.45, 2.75) is 39.0 Å². The first-order valence-electron chi connectivity index (χ1n) is 3.63. The summed E-state index contributed by atoms with van der Waals surface area (Å²) in [5.74, 6) is 0. The molecule has 0 radical (unpaired) electrons. The van der Waals surface area contributed by atoms with E-state index in [1.165, 1.54) is 0 Å². The zero-order valence-corrected chi connectivity index (χ0v) is 6.83. The summed E-state index contributed by atoms with van der Waals surface area (Å²) in [6.45, 7) is 5.60. The fourth-order valence-electron chi connectivity index (χ4n) is 0.773. The minimum absolute atomic E-state index is 0.0180. The molecule has 0 aliphatic heterocycles. The van der Waals surface area contributed by atoms with Gasteiger partial charge < -0.3 is 15.5 Å². The zero-order chi connectivity index (χ0) is 8.15. The molecule has 0 aliphatic carbocycles. The summed E-state index contributed by atoms with van der Waals surface area (Å²) in [4.78, 5) is 0. The summed E-state index contributed by atoms with van der Waals surface area (Å²) in [7, 11) is 0. The second-order valence-electron chi connectivity index (χ2n) is 2.85. The molecule has 0 saturated heterocycles. The Hall–Kier alpha value is -0.120. The molecule has 0 aromatic rings. The van der Waals surface area contributed by atoms with Gasteiger partial charge in [0.25, 0.3) is 0 Å². The highest BCUT2D eigenvalue weighted by molar-refractivity contribution is 4.72. The van der Waals surface area contributed by atoms with Crippen molar-refractivity contribution in [1.82, 2.24) is 5.32 Å². The Kier molecular flexibility index (Phi) is 4.60. The highest BCUT2D eigenvalue weighted by atomic mass is 16.3. The van der Waals surface area contributed by atoms with Crippen LogP contribution in [0.5, 0.6) is 0 Å². The van der Waals surface area contributed by atoms with Crippen LogP contribution in [0.3, 0.4) is 0 Å². The van der Waals surface area contributed by atoms with E-state index < -0.39 is 6.10 Å². The molecule has 0 heterocycles. The lowest BCUT2D eigenvalue weighted by Crippen LogP contribution is -2.44. The standard InChI is InChI=1S/C7H17NO2/c1-5(2)8-7(4-9)6(3)10/h5-10H,4H2,1-3H3/t6-,7-/m1/s1. The minimum Gasteiger partial charge on any atom is -0.395 e. The van der Waals surface area contributed by atoms with Crippen LogP contribution < -0.4 is 5.32 Å². The molecule has 0 spiro atoms. The number of aliphatic hydroxyl groups is 2. The van der Waals surface area contributed by atoms with Crippen molar-refractivity contribution < 1.29 is 10.2 Å². The maximum atomic E-state index is 9.04. The van der Waals surface area contributed by atoms with E-state index in [1.807, 2.05) is 13.8 Å². The van der Waals surface area contributed by atoms with Crippen LogP contribution in [0.4, 0.5) is 0 Å². The van der Waals surface area contributed by atoms with Crippen molar-refractivity contribution in [1.29, 1.82) is 0 Å². The fourth-order valence-corrected chi connectivity index (χ4v) is 0.773. The van der Waals surface area contributed by atoms with Crippen LogP contribution in [0.25, 0.3) is 0 Å². The van der Waals surface area contributed by atoms with Gasteiger partial charge in [-0.2, -0.15) is 0 Å². The summed E-state index contributed by atoms with van der Waals surface area (Å²) < 4.78 is 0. The molecule has 10 heavy (non-hydrogen) atoms. The monoisotopic (exact) mass is 147 g/mol. The van der Waals surface area contributed by atoms with Gasteiger partial charge in [-0.1, -0.05) is 13.8 Å². The van der Waals surface area contributed by atoms with E-state index >= 15 is 0 Å². The van der Waals surface area contributed by atoms with Crippen molar-refractivity contribution >= 4 is 0 Å². The van der Waals surface area contributed by atoms with Gasteiger partial charge in [-0.05, 0) is 6.92 Å². The molecular weight excluding hydrogens is 130 g/mol. The van der Waals surface area contributed by atoms with E-state index in [-0.39, 0.29) is 12.6 Å². The summed E-state index contributed by atoms with van der Waals surface area (Å²) in [5.41, 5.74) is 0. The Morgan fingerprint density at radius 2 is 1.80 bits per heavy atom. The number of hydrogen-bond acceptors (Lipinski definition) is 3. The zero-order valence-electron chi connectivity index (χ0n) is 6.83. The molecule has 0 aromatic heterocycles. The van der Waals surface area contributed by atoms with Gasteiger partial charge in [0.2, 0.25) is 0 Å². The summed E-state index contributed by atoms with van der Waals surface area (Å²) in [5, 5.41) is 20.8. The van der Waals surface area contributed by atoms with E-state index in [2.05, 4.69) is 5.32 Å².